The molecule has 0 aliphatic carbocycles. The predicted molar refractivity (Wildman–Crippen MR) is 197 cm³/mol. The van der Waals surface area contributed by atoms with Crippen molar-refractivity contribution >= 4 is 17.6 Å². The normalized spacial score (nSPS) is 8.40. The maximum absolute atomic E-state index is 10.1. The van der Waals surface area contributed by atoms with E-state index in [1.807, 2.05) is 81.4 Å². The molecule has 1 aromatic rings. The van der Waals surface area contributed by atoms with Gasteiger partial charge in [0.25, 0.3) is 0 Å². The van der Waals surface area contributed by atoms with Crippen LogP contribution < -0.4 is 0 Å². The number of aryl methyl sites for hydroxylation is 2. The zero-order chi connectivity index (χ0) is 33.9. The number of carbonyl (C=O) groups excluding carboxylic acids is 1. The number of benzene rings is 1. The molecule has 0 N–H and O–H groups in total. The summed E-state index contributed by atoms with van der Waals surface area (Å²) in [5.41, 5.74) is 6.81. The Kier molecular flexibility index (Phi) is 87.9. The lowest BCUT2D eigenvalue weighted by Gasteiger charge is -2.04. The fourth-order valence-corrected chi connectivity index (χ4v) is 1.71. The lowest BCUT2D eigenvalue weighted by Crippen LogP contribution is -1.93. The Hall–Kier alpha value is -2.22. The molecule has 0 saturated heterocycles. The monoisotopic (exact) mass is 564 g/mol. The maximum Gasteiger partial charge on any atom is 0.167 e. The molecule has 1 rings (SSSR count). The predicted octanol–water partition coefficient (Wildman–Crippen LogP) is 13.9. The molecule has 0 amide bonds. The summed E-state index contributed by atoms with van der Waals surface area (Å²) < 4.78 is 0. The summed E-state index contributed by atoms with van der Waals surface area (Å²) in [6.07, 6.45) is 11.5. The van der Waals surface area contributed by atoms with Gasteiger partial charge in [0.15, 0.2) is 6.29 Å². The van der Waals surface area contributed by atoms with Gasteiger partial charge in [-0.3, -0.25) is 9.79 Å². The van der Waals surface area contributed by atoms with Crippen molar-refractivity contribution in [1.29, 1.82) is 0 Å². The quantitative estimate of drug-likeness (QED) is 0.199. The lowest BCUT2D eigenvalue weighted by atomic mass is 10.0. The molecule has 1 aromatic carbocycles. The zero-order valence-corrected chi connectivity index (χ0v) is 31.4. The second-order valence-corrected chi connectivity index (χ2v) is 7.79. The first kappa shape index (κ1) is 57.6. The summed E-state index contributed by atoms with van der Waals surface area (Å²) in [7, 11) is 1.60. The van der Waals surface area contributed by atoms with Gasteiger partial charge in [-0.2, -0.15) is 0 Å². The topological polar surface area (TPSA) is 29.4 Å². The van der Waals surface area contributed by atoms with Gasteiger partial charge in [-0.1, -0.05) is 165 Å². The third-order valence-corrected chi connectivity index (χ3v) is 3.65. The van der Waals surface area contributed by atoms with Crippen LogP contribution in [-0.2, 0) is 4.79 Å². The molecule has 0 aliphatic heterocycles. The number of carbonyl (C=O) groups is 1. The molecule has 0 saturated carbocycles. The number of hydrogen-bond acceptors (Lipinski definition) is 2. The van der Waals surface area contributed by atoms with Crippen LogP contribution in [0.2, 0.25) is 0 Å². The van der Waals surface area contributed by atoms with Crippen LogP contribution in [0.5, 0.6) is 0 Å². The molecule has 0 aromatic heterocycles. The van der Waals surface area contributed by atoms with Crippen molar-refractivity contribution in [3.63, 3.8) is 0 Å². The average Bonchev–Trinajstić information content (AvgIpc) is 2.98. The molecule has 40 heavy (non-hydrogen) atoms. The largest absolute Gasteiger partial charge is 0.296 e. The SMILES string of the molecule is C=C/C=C(\C)c1ccc(C)c(C)c1.CC.CC.CC.CC.CCC.CCC.CCCC.CN=C(C=O)C=C(C)C. The molecule has 240 valence electrons. The number of hydrogen-bond donors (Lipinski definition) is 0. The van der Waals surface area contributed by atoms with Gasteiger partial charge in [-0.05, 0) is 63.0 Å². The van der Waals surface area contributed by atoms with Gasteiger partial charge in [0.05, 0.1) is 5.71 Å². The Labute approximate surface area is 256 Å². The van der Waals surface area contributed by atoms with E-state index in [4.69, 9.17) is 0 Å². The number of nitrogens with zero attached hydrogens (tertiary/aromatic N) is 1. The Morgan fingerprint density at radius 3 is 1.32 bits per heavy atom. The fraction of sp³-hybridized carbons (Fsp3) is 0.632. The molecule has 0 heterocycles. The average molecular weight is 564 g/mol. The van der Waals surface area contributed by atoms with Gasteiger partial charge < -0.3 is 0 Å². The van der Waals surface area contributed by atoms with Gasteiger partial charge in [0.1, 0.15) is 0 Å². The summed E-state index contributed by atoms with van der Waals surface area (Å²) in [5, 5.41) is 0. The molecule has 0 atom stereocenters. The van der Waals surface area contributed by atoms with Crippen molar-refractivity contribution in [2.24, 2.45) is 4.99 Å². The first-order valence-electron chi connectivity index (χ1n) is 16.0. The van der Waals surface area contributed by atoms with Crippen LogP contribution in [0.1, 0.15) is 160 Å². The molecule has 0 bridgehead atoms. The van der Waals surface area contributed by atoms with E-state index in [1.165, 1.54) is 47.9 Å². The number of aldehydes is 1. The highest BCUT2D eigenvalue weighted by Crippen LogP contribution is 2.17. The summed E-state index contributed by atoms with van der Waals surface area (Å²) in [5.74, 6) is 0. The minimum Gasteiger partial charge on any atom is -0.296 e. The van der Waals surface area contributed by atoms with Crippen LogP contribution in [0.4, 0.5) is 0 Å². The highest BCUT2D eigenvalue weighted by molar-refractivity contribution is 6.33. The third-order valence-electron chi connectivity index (χ3n) is 3.65. The number of unbranched alkanes of at least 4 members (excludes halogenated alkanes) is 1. The molecule has 0 aliphatic rings. The van der Waals surface area contributed by atoms with Crippen LogP contribution in [0.3, 0.4) is 0 Å². The number of allylic oxidation sites excluding steroid dienone is 5. The summed E-state index contributed by atoms with van der Waals surface area (Å²) >= 11 is 0. The van der Waals surface area contributed by atoms with Crippen LogP contribution in [0.25, 0.3) is 5.57 Å². The Balaban J connectivity index is -0.0000000553. The highest BCUT2D eigenvalue weighted by Gasteiger charge is 1.96. The number of aliphatic imine (C=N–C) groups is 1. The first-order chi connectivity index (χ1) is 19.1. The van der Waals surface area contributed by atoms with Crippen molar-refractivity contribution in [1.82, 2.24) is 0 Å². The van der Waals surface area contributed by atoms with Gasteiger partial charge in [-0.15, -0.1) is 0 Å². The Morgan fingerprint density at radius 1 is 0.750 bits per heavy atom. The van der Waals surface area contributed by atoms with Crippen LogP contribution in [0, 0.1) is 13.8 Å². The van der Waals surface area contributed by atoms with Crippen LogP contribution >= 0.6 is 0 Å². The first-order valence-corrected chi connectivity index (χ1v) is 16.0. The highest BCUT2D eigenvalue weighted by atomic mass is 16.1. The molecule has 0 spiro atoms. The second-order valence-electron chi connectivity index (χ2n) is 7.79. The van der Waals surface area contributed by atoms with E-state index in [9.17, 15) is 4.79 Å². The van der Waals surface area contributed by atoms with Crippen molar-refractivity contribution in [2.75, 3.05) is 7.05 Å². The van der Waals surface area contributed by atoms with E-state index < -0.39 is 0 Å². The summed E-state index contributed by atoms with van der Waals surface area (Å²) in [4.78, 5) is 13.8. The smallest absolute Gasteiger partial charge is 0.167 e. The maximum atomic E-state index is 10.1. The van der Waals surface area contributed by atoms with E-state index in [0.717, 1.165) is 11.9 Å². The Bertz CT molecular complexity index is 656. The van der Waals surface area contributed by atoms with E-state index in [2.05, 4.69) is 92.1 Å². The molecule has 2 heteroatoms. The zero-order valence-electron chi connectivity index (χ0n) is 31.4. The van der Waals surface area contributed by atoms with Gasteiger partial charge in [-0.25, -0.2) is 0 Å². The van der Waals surface area contributed by atoms with Crippen molar-refractivity contribution < 1.29 is 4.79 Å². The minimum atomic E-state index is 0.495. The van der Waals surface area contributed by atoms with E-state index in [-0.39, 0.29) is 0 Å². The van der Waals surface area contributed by atoms with Gasteiger partial charge >= 0.3 is 0 Å². The van der Waals surface area contributed by atoms with E-state index in [1.54, 1.807) is 13.1 Å². The molecular formula is C38H77NO. The molecule has 0 unspecified atom stereocenters. The van der Waals surface area contributed by atoms with Gasteiger partial charge in [0, 0.05) is 7.05 Å². The molecular weight excluding hydrogens is 486 g/mol. The third kappa shape index (κ3) is 60.4. The molecule has 2 nitrogen and oxygen atoms in total. The molecule has 0 fully saturated rings. The van der Waals surface area contributed by atoms with Gasteiger partial charge in [0.2, 0.25) is 0 Å². The Morgan fingerprint density at radius 2 is 1.12 bits per heavy atom. The molecule has 0 radical (unpaired) electrons. The van der Waals surface area contributed by atoms with Crippen molar-refractivity contribution in [3.8, 4) is 0 Å². The van der Waals surface area contributed by atoms with Crippen molar-refractivity contribution in [2.45, 2.75) is 157 Å². The van der Waals surface area contributed by atoms with Crippen molar-refractivity contribution in [3.05, 3.63) is 65.3 Å². The standard InChI is InChI=1S/C13H16.C7H11NO.C4H10.2C3H8.4C2H6/c1-5-6-11(3)13-8-7-10(2)12(4)9-13;1-6(2)4-7(5-9)8-3;1-3-4-2;2*1-3-2;4*1-2/h5-9H,1H2,2-4H3;4-5H,1-3H3;3-4H2,1-2H3;2*3H2,1-2H3;4*1-2H3/b11-6+;;;;;;;;. The summed E-state index contributed by atoms with van der Waals surface area (Å²) in [6, 6.07) is 6.52. The van der Waals surface area contributed by atoms with Crippen LogP contribution in [0.15, 0.2) is 53.6 Å². The van der Waals surface area contributed by atoms with E-state index >= 15 is 0 Å². The fourth-order valence-electron chi connectivity index (χ4n) is 1.71. The lowest BCUT2D eigenvalue weighted by molar-refractivity contribution is -0.102. The summed E-state index contributed by atoms with van der Waals surface area (Å²) in [6.45, 7) is 42.8. The van der Waals surface area contributed by atoms with Crippen LogP contribution in [-0.4, -0.2) is 19.0 Å². The van der Waals surface area contributed by atoms with E-state index in [0.29, 0.717) is 5.71 Å². The second kappa shape index (κ2) is 61.0. The number of rotatable bonds is 5. The minimum absolute atomic E-state index is 0.495.